The average Bonchev–Trinajstić information content (AvgIpc) is 2.71. The zero-order valence-corrected chi connectivity index (χ0v) is 17.4. The maximum Gasteiger partial charge on any atom is 0.227 e. The van der Waals surface area contributed by atoms with Crippen molar-refractivity contribution in [2.24, 2.45) is 11.8 Å². The van der Waals surface area contributed by atoms with Crippen LogP contribution in [0.5, 0.6) is 5.75 Å². The second-order valence-electron chi connectivity index (χ2n) is 8.06. The highest BCUT2D eigenvalue weighted by Crippen LogP contribution is 2.32. The molecule has 5 nitrogen and oxygen atoms in total. The molecule has 0 aromatic heterocycles. The number of rotatable bonds is 6. The van der Waals surface area contributed by atoms with Crippen molar-refractivity contribution in [2.75, 3.05) is 10.6 Å². The smallest absolute Gasteiger partial charge is 0.227 e. The lowest BCUT2D eigenvalue weighted by Crippen LogP contribution is -2.32. The van der Waals surface area contributed by atoms with Gasteiger partial charge in [-0.05, 0) is 70.7 Å². The van der Waals surface area contributed by atoms with E-state index >= 15 is 0 Å². The molecule has 3 rings (SSSR count). The lowest BCUT2D eigenvalue weighted by atomic mass is 9.81. The Balaban J connectivity index is 1.52. The number of carbonyl (C=O) groups excluding carboxylic acids is 2. The van der Waals surface area contributed by atoms with Crippen LogP contribution in [0.2, 0.25) is 0 Å². The summed E-state index contributed by atoms with van der Waals surface area (Å²) >= 11 is 0. The summed E-state index contributed by atoms with van der Waals surface area (Å²) in [5.74, 6) is 0.607. The number of nitrogens with one attached hydrogen (secondary N) is 2. The van der Waals surface area contributed by atoms with E-state index in [1.807, 2.05) is 69.3 Å². The highest BCUT2D eigenvalue weighted by molar-refractivity contribution is 5.95. The molecule has 1 aliphatic rings. The van der Waals surface area contributed by atoms with Gasteiger partial charge in [0.1, 0.15) is 5.75 Å². The van der Waals surface area contributed by atoms with Gasteiger partial charge in [-0.2, -0.15) is 0 Å². The van der Waals surface area contributed by atoms with E-state index in [-0.39, 0.29) is 29.8 Å². The summed E-state index contributed by atoms with van der Waals surface area (Å²) in [5, 5.41) is 6.00. The molecular weight excluding hydrogens is 364 g/mol. The summed E-state index contributed by atoms with van der Waals surface area (Å²) in [4.78, 5) is 25.3. The summed E-state index contributed by atoms with van der Waals surface area (Å²) in [6.07, 6.45) is 2.91. The van der Waals surface area contributed by atoms with Gasteiger partial charge in [0, 0.05) is 17.5 Å². The van der Waals surface area contributed by atoms with E-state index in [0.717, 1.165) is 24.1 Å². The zero-order chi connectivity index (χ0) is 20.8. The van der Waals surface area contributed by atoms with E-state index in [1.54, 1.807) is 0 Å². The number of hydrogen-bond donors (Lipinski definition) is 2. The number of ether oxygens (including phenoxy) is 1. The van der Waals surface area contributed by atoms with Gasteiger partial charge in [-0.1, -0.05) is 29.8 Å². The maximum atomic E-state index is 12.7. The van der Waals surface area contributed by atoms with Crippen molar-refractivity contribution in [3.05, 3.63) is 54.1 Å². The van der Waals surface area contributed by atoms with Crippen LogP contribution in [0.1, 0.15) is 45.1 Å². The topological polar surface area (TPSA) is 67.4 Å². The van der Waals surface area contributed by atoms with Crippen molar-refractivity contribution in [3.63, 3.8) is 0 Å². The SMILES string of the molecule is Cc1ccc(NC(=O)C2CCC(C(=O)Nc3ccccc3OC(C)C)CC2)cc1. The van der Waals surface area contributed by atoms with Gasteiger partial charge in [0.05, 0.1) is 11.8 Å². The lowest BCUT2D eigenvalue weighted by molar-refractivity contribution is -0.125. The third kappa shape index (κ3) is 5.83. The van der Waals surface area contributed by atoms with Crippen LogP contribution in [-0.4, -0.2) is 17.9 Å². The normalized spacial score (nSPS) is 18.9. The third-order valence-electron chi connectivity index (χ3n) is 5.30. The van der Waals surface area contributed by atoms with Crippen LogP contribution in [0.4, 0.5) is 11.4 Å². The van der Waals surface area contributed by atoms with Gasteiger partial charge in [-0.25, -0.2) is 0 Å². The molecule has 29 heavy (non-hydrogen) atoms. The van der Waals surface area contributed by atoms with Crippen LogP contribution in [0.3, 0.4) is 0 Å². The predicted molar refractivity (Wildman–Crippen MR) is 116 cm³/mol. The molecule has 1 aliphatic carbocycles. The maximum absolute atomic E-state index is 12.7. The number of hydrogen-bond acceptors (Lipinski definition) is 3. The van der Waals surface area contributed by atoms with Gasteiger partial charge < -0.3 is 15.4 Å². The first kappa shape index (κ1) is 20.9. The van der Waals surface area contributed by atoms with Crippen LogP contribution in [0.25, 0.3) is 0 Å². The third-order valence-corrected chi connectivity index (χ3v) is 5.30. The largest absolute Gasteiger partial charge is 0.489 e. The van der Waals surface area contributed by atoms with E-state index in [2.05, 4.69) is 10.6 Å². The number of aryl methyl sites for hydroxylation is 1. The summed E-state index contributed by atoms with van der Waals surface area (Å²) < 4.78 is 5.78. The van der Waals surface area contributed by atoms with Gasteiger partial charge in [0.2, 0.25) is 11.8 Å². The molecule has 1 fully saturated rings. The van der Waals surface area contributed by atoms with Crippen molar-refractivity contribution < 1.29 is 14.3 Å². The first-order valence-corrected chi connectivity index (χ1v) is 10.4. The monoisotopic (exact) mass is 394 g/mol. The van der Waals surface area contributed by atoms with Crippen LogP contribution in [-0.2, 0) is 9.59 Å². The molecule has 1 saturated carbocycles. The van der Waals surface area contributed by atoms with E-state index in [4.69, 9.17) is 4.74 Å². The molecule has 2 aromatic carbocycles. The second-order valence-corrected chi connectivity index (χ2v) is 8.06. The van der Waals surface area contributed by atoms with Crippen molar-refractivity contribution in [1.82, 2.24) is 0 Å². The minimum atomic E-state index is -0.0782. The molecule has 2 amide bonds. The number of anilines is 2. The molecule has 154 valence electrons. The Kier molecular flexibility index (Phi) is 6.91. The summed E-state index contributed by atoms with van der Waals surface area (Å²) in [6, 6.07) is 15.3. The Labute approximate surface area is 172 Å². The van der Waals surface area contributed by atoms with Crippen molar-refractivity contribution >= 4 is 23.2 Å². The van der Waals surface area contributed by atoms with Gasteiger partial charge >= 0.3 is 0 Å². The van der Waals surface area contributed by atoms with Gasteiger partial charge in [0.25, 0.3) is 0 Å². The minimum absolute atomic E-state index is 0.00204. The molecule has 0 unspecified atom stereocenters. The standard InChI is InChI=1S/C24H30N2O3/c1-16(2)29-22-7-5-4-6-21(22)26-24(28)19-12-10-18(11-13-19)23(27)25-20-14-8-17(3)9-15-20/h4-9,14-16,18-19H,10-13H2,1-3H3,(H,25,27)(H,26,28). The predicted octanol–water partition coefficient (Wildman–Crippen LogP) is 5.17. The van der Waals surface area contributed by atoms with Crippen LogP contribution >= 0.6 is 0 Å². The molecule has 0 atom stereocenters. The van der Waals surface area contributed by atoms with Gasteiger partial charge in [0.15, 0.2) is 0 Å². The highest BCUT2D eigenvalue weighted by atomic mass is 16.5. The minimum Gasteiger partial charge on any atom is -0.489 e. The Morgan fingerprint density at radius 1 is 0.862 bits per heavy atom. The average molecular weight is 395 g/mol. The lowest BCUT2D eigenvalue weighted by Gasteiger charge is -2.27. The van der Waals surface area contributed by atoms with E-state index in [1.165, 1.54) is 0 Å². The molecule has 0 aliphatic heterocycles. The van der Waals surface area contributed by atoms with Gasteiger partial charge in [-0.3, -0.25) is 9.59 Å². The Hall–Kier alpha value is -2.82. The van der Waals surface area contributed by atoms with Crippen molar-refractivity contribution in [2.45, 2.75) is 52.6 Å². The number of carbonyl (C=O) groups is 2. The van der Waals surface area contributed by atoms with Crippen LogP contribution in [0, 0.1) is 18.8 Å². The van der Waals surface area contributed by atoms with E-state index in [9.17, 15) is 9.59 Å². The zero-order valence-electron chi connectivity index (χ0n) is 17.4. The Bertz CT molecular complexity index is 837. The Morgan fingerprint density at radius 2 is 1.41 bits per heavy atom. The fourth-order valence-corrected chi connectivity index (χ4v) is 3.66. The van der Waals surface area contributed by atoms with Gasteiger partial charge in [-0.15, -0.1) is 0 Å². The first-order valence-electron chi connectivity index (χ1n) is 10.4. The molecule has 2 aromatic rings. The fourth-order valence-electron chi connectivity index (χ4n) is 3.66. The Morgan fingerprint density at radius 3 is 2.00 bits per heavy atom. The number of benzene rings is 2. The van der Waals surface area contributed by atoms with Crippen LogP contribution in [0.15, 0.2) is 48.5 Å². The fraction of sp³-hybridized carbons (Fsp3) is 0.417. The van der Waals surface area contributed by atoms with Crippen LogP contribution < -0.4 is 15.4 Å². The molecule has 0 spiro atoms. The molecule has 0 radical (unpaired) electrons. The second kappa shape index (κ2) is 9.59. The summed E-state index contributed by atoms with van der Waals surface area (Å²) in [5.41, 5.74) is 2.68. The van der Waals surface area contributed by atoms with E-state index < -0.39 is 0 Å². The highest BCUT2D eigenvalue weighted by Gasteiger charge is 2.30. The number of para-hydroxylation sites is 2. The summed E-state index contributed by atoms with van der Waals surface area (Å²) in [7, 11) is 0. The van der Waals surface area contributed by atoms with E-state index in [0.29, 0.717) is 24.3 Å². The molecule has 0 bridgehead atoms. The first-order chi connectivity index (χ1) is 13.9. The van der Waals surface area contributed by atoms with Crippen molar-refractivity contribution in [1.29, 1.82) is 0 Å². The number of amides is 2. The molecule has 2 N–H and O–H groups in total. The molecular formula is C24H30N2O3. The molecule has 5 heteroatoms. The quantitative estimate of drug-likeness (QED) is 0.711. The molecule has 0 heterocycles. The summed E-state index contributed by atoms with van der Waals surface area (Å²) in [6.45, 7) is 5.94. The molecule has 0 saturated heterocycles. The van der Waals surface area contributed by atoms with Crippen molar-refractivity contribution in [3.8, 4) is 5.75 Å².